The van der Waals surface area contributed by atoms with Crippen molar-refractivity contribution >= 4 is 32.3 Å². The average molecular weight is 431 g/mol. The minimum absolute atomic E-state index is 0.0538. The Hall–Kier alpha value is -1.72. The number of benzene rings is 2. The lowest BCUT2D eigenvalue weighted by Gasteiger charge is -2.17. The van der Waals surface area contributed by atoms with Crippen LogP contribution in [0.25, 0.3) is 10.8 Å². The fraction of sp³-hybridized carbons (Fsp3) is 0.560. The van der Waals surface area contributed by atoms with E-state index in [0.717, 1.165) is 25.8 Å². The highest BCUT2D eigenvalue weighted by molar-refractivity contribution is 7.85. The summed E-state index contributed by atoms with van der Waals surface area (Å²) in [4.78, 5) is 0. The number of hydrogen-bond donors (Lipinski definition) is 1. The summed E-state index contributed by atoms with van der Waals surface area (Å²) >= 11 is 0. The van der Waals surface area contributed by atoms with Crippen LogP contribution in [0.5, 0.6) is 0 Å². The Morgan fingerprint density at radius 1 is 0.867 bits per heavy atom. The fourth-order valence-electron chi connectivity index (χ4n) is 4.74. The standard InChI is InChI=1S/C25H35NO3S/c1-20-25(2,3)24-22-15-11-10-14-21(22)16-17-23(24)26(20)18-12-8-6-4-5-7-9-13-19-30(27,28)29/h10-11,14-17H,4-9,12-13,18-19H2,1-3H3/p+1. The highest BCUT2D eigenvalue weighted by Gasteiger charge is 2.43. The molecule has 3 rings (SSSR count). The molecule has 0 saturated carbocycles. The monoisotopic (exact) mass is 430 g/mol. The lowest BCUT2D eigenvalue weighted by atomic mass is 9.80. The van der Waals surface area contributed by atoms with Crippen LogP contribution in [0.2, 0.25) is 0 Å². The van der Waals surface area contributed by atoms with Gasteiger partial charge in [0.05, 0.1) is 11.2 Å². The molecule has 1 heterocycles. The Morgan fingerprint density at radius 3 is 2.13 bits per heavy atom. The molecule has 0 saturated heterocycles. The molecule has 0 aliphatic carbocycles. The number of rotatable bonds is 11. The number of hydrogen-bond acceptors (Lipinski definition) is 2. The van der Waals surface area contributed by atoms with E-state index in [1.54, 1.807) is 0 Å². The van der Waals surface area contributed by atoms with Crippen molar-refractivity contribution in [1.29, 1.82) is 0 Å². The predicted molar refractivity (Wildman–Crippen MR) is 126 cm³/mol. The minimum atomic E-state index is -3.79. The second-order valence-corrected chi connectivity index (χ2v) is 10.7. The lowest BCUT2D eigenvalue weighted by Crippen LogP contribution is -2.26. The summed E-state index contributed by atoms with van der Waals surface area (Å²) in [6.45, 7) is 8.03. The molecule has 4 nitrogen and oxygen atoms in total. The lowest BCUT2D eigenvalue weighted by molar-refractivity contribution is -0.439. The van der Waals surface area contributed by atoms with E-state index in [1.165, 1.54) is 53.4 Å². The van der Waals surface area contributed by atoms with E-state index in [-0.39, 0.29) is 11.2 Å². The van der Waals surface area contributed by atoms with Crippen LogP contribution in [-0.4, -0.2) is 35.6 Å². The summed E-state index contributed by atoms with van der Waals surface area (Å²) in [7, 11) is -3.79. The first kappa shape index (κ1) is 23.0. The van der Waals surface area contributed by atoms with Crippen LogP contribution in [-0.2, 0) is 15.5 Å². The zero-order chi connectivity index (χ0) is 21.8. The molecular weight excluding hydrogens is 394 g/mol. The number of unbranched alkanes of at least 4 members (excludes halogenated alkanes) is 7. The zero-order valence-corrected chi connectivity index (χ0v) is 19.5. The summed E-state index contributed by atoms with van der Waals surface area (Å²) in [5.74, 6) is -0.105. The van der Waals surface area contributed by atoms with Gasteiger partial charge in [0.15, 0.2) is 5.71 Å². The van der Waals surface area contributed by atoms with E-state index < -0.39 is 10.1 Å². The van der Waals surface area contributed by atoms with Crippen LogP contribution in [0.4, 0.5) is 5.69 Å². The van der Waals surface area contributed by atoms with E-state index in [2.05, 4.69) is 61.7 Å². The molecule has 0 radical (unpaired) electrons. The minimum Gasteiger partial charge on any atom is -0.286 e. The highest BCUT2D eigenvalue weighted by Crippen LogP contribution is 2.43. The van der Waals surface area contributed by atoms with E-state index in [0.29, 0.717) is 6.42 Å². The first-order valence-corrected chi connectivity index (χ1v) is 12.9. The highest BCUT2D eigenvalue weighted by atomic mass is 32.2. The van der Waals surface area contributed by atoms with Gasteiger partial charge in [0.1, 0.15) is 6.54 Å². The fourth-order valence-corrected chi connectivity index (χ4v) is 5.31. The van der Waals surface area contributed by atoms with Crippen LogP contribution < -0.4 is 0 Å². The second-order valence-electron chi connectivity index (χ2n) is 9.16. The normalized spacial score (nSPS) is 15.7. The summed E-state index contributed by atoms with van der Waals surface area (Å²) in [6, 6.07) is 13.2. The van der Waals surface area contributed by atoms with Gasteiger partial charge in [-0.05, 0) is 43.5 Å². The van der Waals surface area contributed by atoms with Crippen molar-refractivity contribution < 1.29 is 17.5 Å². The Bertz CT molecular complexity index is 1020. The van der Waals surface area contributed by atoms with Gasteiger partial charge >= 0.3 is 0 Å². The van der Waals surface area contributed by atoms with Crippen molar-refractivity contribution in [3.05, 3.63) is 42.0 Å². The van der Waals surface area contributed by atoms with Crippen LogP contribution in [0.1, 0.15) is 77.7 Å². The van der Waals surface area contributed by atoms with E-state index in [9.17, 15) is 8.42 Å². The van der Waals surface area contributed by atoms with Crippen LogP contribution in [0.3, 0.4) is 0 Å². The first-order chi connectivity index (χ1) is 14.2. The summed E-state index contributed by atoms with van der Waals surface area (Å²) in [5, 5.41) is 2.69. The molecule has 0 unspecified atom stereocenters. The second kappa shape index (κ2) is 9.61. The van der Waals surface area contributed by atoms with Gasteiger partial charge in [0.25, 0.3) is 10.1 Å². The molecule has 0 fully saturated rings. The molecule has 0 bridgehead atoms. The molecular formula is C25H36NO3S+. The Morgan fingerprint density at radius 2 is 1.47 bits per heavy atom. The largest absolute Gasteiger partial charge is 0.286 e. The Kier molecular flexibility index (Phi) is 7.35. The van der Waals surface area contributed by atoms with Gasteiger partial charge in [-0.1, -0.05) is 56.4 Å². The number of fused-ring (bicyclic) bond motifs is 3. The van der Waals surface area contributed by atoms with Gasteiger partial charge in [0.2, 0.25) is 5.69 Å². The van der Waals surface area contributed by atoms with Gasteiger partial charge < -0.3 is 0 Å². The third-order valence-corrected chi connectivity index (χ3v) is 7.47. The maximum Gasteiger partial charge on any atom is 0.264 e. The van der Waals surface area contributed by atoms with Crippen molar-refractivity contribution in [3.8, 4) is 0 Å². The van der Waals surface area contributed by atoms with Crippen molar-refractivity contribution in [1.82, 2.24) is 0 Å². The number of nitrogens with zero attached hydrogens (tertiary/aromatic N) is 1. The molecule has 0 spiro atoms. The maximum atomic E-state index is 10.7. The summed E-state index contributed by atoms with van der Waals surface area (Å²) in [6.07, 6.45) is 8.45. The molecule has 2 aromatic rings. The molecule has 164 valence electrons. The van der Waals surface area contributed by atoms with Crippen LogP contribution in [0, 0.1) is 0 Å². The first-order valence-electron chi connectivity index (χ1n) is 11.3. The Balaban J connectivity index is 1.48. The van der Waals surface area contributed by atoms with Gasteiger partial charge in [-0.25, -0.2) is 0 Å². The van der Waals surface area contributed by atoms with E-state index in [4.69, 9.17) is 4.55 Å². The van der Waals surface area contributed by atoms with E-state index >= 15 is 0 Å². The van der Waals surface area contributed by atoms with Crippen molar-refractivity contribution in [2.75, 3.05) is 12.3 Å². The maximum absolute atomic E-state index is 10.7. The van der Waals surface area contributed by atoms with Crippen molar-refractivity contribution in [3.63, 3.8) is 0 Å². The SMILES string of the molecule is CC1=[N+](CCCCCCCCCCS(=O)(=O)O)c2ccc3ccccc3c2C1(C)C. The third kappa shape index (κ3) is 5.30. The van der Waals surface area contributed by atoms with Gasteiger partial charge in [-0.3, -0.25) is 4.55 Å². The van der Waals surface area contributed by atoms with Crippen molar-refractivity contribution in [2.24, 2.45) is 0 Å². The predicted octanol–water partition coefficient (Wildman–Crippen LogP) is 6.24. The summed E-state index contributed by atoms with van der Waals surface area (Å²) < 4.78 is 32.7. The molecule has 30 heavy (non-hydrogen) atoms. The molecule has 0 amide bonds. The molecule has 0 atom stereocenters. The molecule has 1 aliphatic rings. The van der Waals surface area contributed by atoms with Gasteiger partial charge in [-0.2, -0.15) is 13.0 Å². The third-order valence-electron chi connectivity index (χ3n) is 6.67. The topological polar surface area (TPSA) is 57.4 Å². The van der Waals surface area contributed by atoms with E-state index in [1.807, 2.05) is 0 Å². The summed E-state index contributed by atoms with van der Waals surface area (Å²) in [5.41, 5.74) is 4.32. The zero-order valence-electron chi connectivity index (χ0n) is 18.7. The molecule has 2 aromatic carbocycles. The quantitative estimate of drug-likeness (QED) is 0.261. The molecule has 5 heteroatoms. The van der Waals surface area contributed by atoms with Crippen LogP contribution >= 0.6 is 0 Å². The van der Waals surface area contributed by atoms with Gasteiger partial charge in [-0.15, -0.1) is 0 Å². The Labute approximate surface area is 181 Å². The average Bonchev–Trinajstić information content (AvgIpc) is 2.89. The molecule has 1 aliphatic heterocycles. The van der Waals surface area contributed by atoms with Crippen molar-refractivity contribution in [2.45, 2.75) is 77.6 Å². The van der Waals surface area contributed by atoms with Crippen LogP contribution in [0.15, 0.2) is 36.4 Å². The molecule has 0 aromatic heterocycles. The molecule has 1 N–H and O–H groups in total. The smallest absolute Gasteiger partial charge is 0.264 e. The van der Waals surface area contributed by atoms with Gasteiger partial charge in [0, 0.05) is 25.0 Å².